The second-order valence-electron chi connectivity index (χ2n) is 7.13. The first kappa shape index (κ1) is 19.0. The number of carbonyl (C=O) groups excluding carboxylic acids is 1. The van der Waals surface area contributed by atoms with E-state index < -0.39 is 6.67 Å². The van der Waals surface area contributed by atoms with Crippen molar-refractivity contribution in [3.05, 3.63) is 94.3 Å². The topological polar surface area (TPSA) is 32.7 Å². The molecule has 3 aromatic rings. The third-order valence-electron chi connectivity index (χ3n) is 5.18. The number of nitrogens with zero attached hydrogens (tertiary/aromatic N) is 2. The van der Waals surface area contributed by atoms with E-state index in [1.54, 1.807) is 42.3 Å². The largest absolute Gasteiger partial charge is 0.337 e. The monoisotopic (exact) mass is 390 g/mol. The van der Waals surface area contributed by atoms with E-state index in [2.05, 4.69) is 4.99 Å². The summed E-state index contributed by atoms with van der Waals surface area (Å²) in [6.07, 6.45) is 1.85. The molecule has 0 bridgehead atoms. The number of alkyl halides is 1. The summed E-state index contributed by atoms with van der Waals surface area (Å²) in [5, 5.41) is 0. The van der Waals surface area contributed by atoms with E-state index in [1.165, 1.54) is 12.1 Å². The molecule has 4 rings (SSSR count). The first-order valence-corrected chi connectivity index (χ1v) is 9.37. The normalized spacial score (nSPS) is 12.1. The highest BCUT2D eigenvalue weighted by Gasteiger charge is 2.18. The molecule has 1 heterocycles. The van der Waals surface area contributed by atoms with Gasteiger partial charge >= 0.3 is 0 Å². The second kappa shape index (κ2) is 7.95. The van der Waals surface area contributed by atoms with Crippen LogP contribution in [-0.4, -0.2) is 24.1 Å². The molecule has 29 heavy (non-hydrogen) atoms. The Labute approximate surface area is 168 Å². The van der Waals surface area contributed by atoms with Crippen LogP contribution in [0.2, 0.25) is 0 Å². The Bertz CT molecular complexity index is 1110. The van der Waals surface area contributed by atoms with Crippen LogP contribution in [0.1, 0.15) is 32.6 Å². The van der Waals surface area contributed by atoms with Crippen LogP contribution in [0.25, 0.3) is 11.1 Å². The molecule has 0 radical (unpaired) electrons. The third kappa shape index (κ3) is 3.81. The number of hydrogen-bond donors (Lipinski definition) is 0. The van der Waals surface area contributed by atoms with Crippen LogP contribution in [-0.2, 0) is 19.8 Å². The highest BCUT2D eigenvalue weighted by molar-refractivity contribution is 5.95. The predicted molar refractivity (Wildman–Crippen MR) is 110 cm³/mol. The average Bonchev–Trinajstić information content (AvgIpc) is 3.22. The molecule has 0 saturated carbocycles. The molecule has 0 aromatic heterocycles. The smallest absolute Gasteiger partial charge is 0.253 e. The minimum absolute atomic E-state index is 0.193. The van der Waals surface area contributed by atoms with Gasteiger partial charge in [0.25, 0.3) is 5.91 Å². The standard InChI is InChI=1S/C24H20F2N2O/c1-28(15-19-6-2-5-18-13-27-14-23(18)19)24(29)17-8-9-22(20(10-17)12-25)16-4-3-7-21(26)11-16/h2-11,13H,12,14-15H2,1H3. The number of fused-ring (bicyclic) bond motifs is 1. The number of aliphatic imine (C=N–C) groups is 1. The van der Waals surface area contributed by atoms with Crippen molar-refractivity contribution in [1.29, 1.82) is 0 Å². The van der Waals surface area contributed by atoms with Crippen molar-refractivity contribution in [2.45, 2.75) is 19.8 Å². The Morgan fingerprint density at radius 3 is 2.69 bits per heavy atom. The Morgan fingerprint density at radius 2 is 1.90 bits per heavy atom. The van der Waals surface area contributed by atoms with E-state index in [9.17, 15) is 13.6 Å². The first-order chi connectivity index (χ1) is 14.1. The Hall–Kier alpha value is -3.34. The van der Waals surface area contributed by atoms with Crippen molar-refractivity contribution >= 4 is 12.1 Å². The van der Waals surface area contributed by atoms with Crippen molar-refractivity contribution in [2.24, 2.45) is 4.99 Å². The van der Waals surface area contributed by atoms with Gasteiger partial charge in [-0.15, -0.1) is 0 Å². The average molecular weight is 390 g/mol. The number of amides is 1. The van der Waals surface area contributed by atoms with Crippen LogP contribution in [0.3, 0.4) is 0 Å². The van der Waals surface area contributed by atoms with Crippen molar-refractivity contribution in [3.8, 4) is 11.1 Å². The van der Waals surface area contributed by atoms with Gasteiger partial charge in [-0.25, -0.2) is 8.78 Å². The van der Waals surface area contributed by atoms with Gasteiger partial charge < -0.3 is 4.90 Å². The number of halogens is 2. The molecule has 5 heteroatoms. The molecule has 1 amide bonds. The quantitative estimate of drug-likeness (QED) is 0.592. The van der Waals surface area contributed by atoms with Crippen LogP contribution in [0, 0.1) is 5.82 Å². The number of benzene rings is 3. The van der Waals surface area contributed by atoms with Gasteiger partial charge in [0.2, 0.25) is 0 Å². The highest BCUT2D eigenvalue weighted by Crippen LogP contribution is 2.27. The summed E-state index contributed by atoms with van der Waals surface area (Å²) in [5.41, 5.74) is 5.22. The van der Waals surface area contributed by atoms with Crippen LogP contribution in [0.15, 0.2) is 65.7 Å². The fourth-order valence-corrected chi connectivity index (χ4v) is 3.67. The van der Waals surface area contributed by atoms with E-state index in [0.29, 0.717) is 35.3 Å². The van der Waals surface area contributed by atoms with Crippen molar-refractivity contribution < 1.29 is 13.6 Å². The number of rotatable bonds is 5. The van der Waals surface area contributed by atoms with E-state index >= 15 is 0 Å². The van der Waals surface area contributed by atoms with Gasteiger partial charge in [0, 0.05) is 25.4 Å². The Morgan fingerprint density at radius 1 is 1.07 bits per heavy atom. The summed E-state index contributed by atoms with van der Waals surface area (Å²) in [7, 11) is 1.73. The number of hydrogen-bond acceptors (Lipinski definition) is 2. The molecule has 0 fully saturated rings. The van der Waals surface area contributed by atoms with E-state index in [-0.39, 0.29) is 11.7 Å². The van der Waals surface area contributed by atoms with Crippen molar-refractivity contribution in [1.82, 2.24) is 4.90 Å². The van der Waals surface area contributed by atoms with Crippen LogP contribution in [0.4, 0.5) is 8.78 Å². The van der Waals surface area contributed by atoms with E-state index in [0.717, 1.165) is 16.7 Å². The van der Waals surface area contributed by atoms with Crippen LogP contribution in [0.5, 0.6) is 0 Å². The molecule has 1 aliphatic heterocycles. The Balaban J connectivity index is 1.58. The second-order valence-corrected chi connectivity index (χ2v) is 7.13. The van der Waals surface area contributed by atoms with Gasteiger partial charge in [-0.3, -0.25) is 9.79 Å². The maximum atomic E-state index is 13.7. The maximum absolute atomic E-state index is 13.7. The summed E-state index contributed by atoms with van der Waals surface area (Å²) < 4.78 is 27.2. The molecule has 1 aliphatic rings. The maximum Gasteiger partial charge on any atom is 0.253 e. The SMILES string of the molecule is CN(Cc1cccc2c1CN=C2)C(=O)c1ccc(-c2cccc(F)c2)c(CF)c1. The lowest BCUT2D eigenvalue weighted by Gasteiger charge is -2.20. The van der Waals surface area contributed by atoms with Crippen molar-refractivity contribution in [2.75, 3.05) is 7.05 Å². The molecule has 3 aromatic carbocycles. The van der Waals surface area contributed by atoms with Gasteiger partial charge in [0.05, 0.1) is 6.54 Å². The summed E-state index contributed by atoms with van der Waals surface area (Å²) in [5.74, 6) is -0.575. The van der Waals surface area contributed by atoms with Gasteiger partial charge in [-0.2, -0.15) is 0 Å². The lowest BCUT2D eigenvalue weighted by molar-refractivity contribution is 0.0784. The summed E-state index contributed by atoms with van der Waals surface area (Å²) in [6, 6.07) is 16.9. The molecule has 0 atom stereocenters. The number of carbonyl (C=O) groups is 1. The lowest BCUT2D eigenvalue weighted by atomic mass is 9.97. The fraction of sp³-hybridized carbons (Fsp3) is 0.167. The molecule has 0 spiro atoms. The lowest BCUT2D eigenvalue weighted by Crippen LogP contribution is -2.26. The molecule has 146 valence electrons. The molecular formula is C24H20F2N2O. The van der Waals surface area contributed by atoms with Gasteiger partial charge in [-0.05, 0) is 57.6 Å². The molecular weight excluding hydrogens is 370 g/mol. The zero-order valence-corrected chi connectivity index (χ0v) is 16.0. The molecule has 0 saturated heterocycles. The highest BCUT2D eigenvalue weighted by atomic mass is 19.1. The molecule has 0 N–H and O–H groups in total. The molecule has 3 nitrogen and oxygen atoms in total. The van der Waals surface area contributed by atoms with Gasteiger partial charge in [0.15, 0.2) is 0 Å². The van der Waals surface area contributed by atoms with E-state index in [1.807, 2.05) is 24.4 Å². The molecule has 0 unspecified atom stereocenters. The summed E-state index contributed by atoms with van der Waals surface area (Å²) in [4.78, 5) is 18.8. The summed E-state index contributed by atoms with van der Waals surface area (Å²) >= 11 is 0. The fourth-order valence-electron chi connectivity index (χ4n) is 3.67. The minimum atomic E-state index is -0.736. The van der Waals surface area contributed by atoms with Crippen LogP contribution < -0.4 is 0 Å². The molecule has 0 aliphatic carbocycles. The zero-order valence-electron chi connectivity index (χ0n) is 16.0. The minimum Gasteiger partial charge on any atom is -0.337 e. The van der Waals surface area contributed by atoms with Crippen LogP contribution >= 0.6 is 0 Å². The van der Waals surface area contributed by atoms with Gasteiger partial charge in [-0.1, -0.05) is 36.4 Å². The first-order valence-electron chi connectivity index (χ1n) is 9.37. The van der Waals surface area contributed by atoms with Crippen molar-refractivity contribution in [3.63, 3.8) is 0 Å². The third-order valence-corrected chi connectivity index (χ3v) is 5.18. The van der Waals surface area contributed by atoms with E-state index in [4.69, 9.17) is 0 Å². The Kier molecular flexibility index (Phi) is 5.21. The van der Waals surface area contributed by atoms with Gasteiger partial charge in [0.1, 0.15) is 12.5 Å². The predicted octanol–water partition coefficient (Wildman–Crippen LogP) is 5.17. The zero-order chi connectivity index (χ0) is 20.4. The summed E-state index contributed by atoms with van der Waals surface area (Å²) in [6.45, 7) is 0.337.